The number of carbonyl (C=O) groups excluding carboxylic acids is 1. The number of hydrogen-bond donors (Lipinski definition) is 0. The summed E-state index contributed by atoms with van der Waals surface area (Å²) in [5.41, 5.74) is 5.42. The average molecular weight is 380 g/mol. The van der Waals surface area contributed by atoms with Gasteiger partial charge < -0.3 is 9.47 Å². The molecule has 1 aliphatic heterocycles. The fourth-order valence-electron chi connectivity index (χ4n) is 4.26. The molecule has 2 aliphatic rings. The number of pyridine rings is 1. The zero-order valence-corrected chi connectivity index (χ0v) is 15.4. The lowest BCUT2D eigenvalue weighted by molar-refractivity contribution is 0.168. The molecule has 136 valence electrons. The number of likely N-dealkylation sites (tertiary alicyclic amines) is 1. The van der Waals surface area contributed by atoms with Gasteiger partial charge in [-0.1, -0.05) is 17.4 Å². The number of aromatic nitrogens is 2. The molecular weight excluding hydrogens is 358 g/mol. The van der Waals surface area contributed by atoms with Crippen LogP contribution in [0.1, 0.15) is 40.5 Å². The fourth-order valence-corrected chi connectivity index (χ4v) is 5.09. The topological polar surface area (TPSA) is 55.2 Å². The van der Waals surface area contributed by atoms with Gasteiger partial charge in [-0.05, 0) is 48.1 Å². The van der Waals surface area contributed by atoms with Crippen molar-refractivity contribution in [3.63, 3.8) is 0 Å². The second kappa shape index (κ2) is 6.19. The van der Waals surface area contributed by atoms with Crippen LogP contribution in [-0.4, -0.2) is 26.9 Å². The molecule has 5 nitrogen and oxygen atoms in total. The van der Waals surface area contributed by atoms with E-state index in [1.54, 1.807) is 6.07 Å². The van der Waals surface area contributed by atoms with Crippen molar-refractivity contribution in [1.29, 1.82) is 0 Å². The first-order chi connectivity index (χ1) is 14.4. The third kappa shape index (κ3) is 2.48. The summed E-state index contributed by atoms with van der Waals surface area (Å²) in [6, 6.07) is 5.59. The Morgan fingerprint density at radius 1 is 1.33 bits per heavy atom. The number of hydrogen-bond acceptors (Lipinski definition) is 5. The summed E-state index contributed by atoms with van der Waals surface area (Å²) in [6.07, 6.45) is 7.42. The third-order valence-electron chi connectivity index (χ3n) is 5.68. The van der Waals surface area contributed by atoms with Gasteiger partial charge in [-0.25, -0.2) is 4.79 Å². The molecular formula is C21H19N3O2S. The van der Waals surface area contributed by atoms with E-state index in [0.717, 1.165) is 70.5 Å². The van der Waals surface area contributed by atoms with Gasteiger partial charge >= 0.3 is 4.87 Å². The molecule has 5 rings (SSSR count). The zero-order chi connectivity index (χ0) is 21.0. The SMILES string of the molecule is [2H]C([2H])([2H])n1c(=O)sc2cc(-c3cncc4c3CCC[C@H]4N3CCC3=C=O)ccc21. The summed E-state index contributed by atoms with van der Waals surface area (Å²) < 4.78 is 24.4. The van der Waals surface area contributed by atoms with Crippen LogP contribution >= 0.6 is 11.3 Å². The van der Waals surface area contributed by atoms with Crippen LogP contribution in [0, 0.1) is 0 Å². The molecule has 1 fully saturated rings. The highest BCUT2D eigenvalue weighted by Gasteiger charge is 2.34. The molecule has 1 aromatic carbocycles. The molecule has 0 radical (unpaired) electrons. The van der Waals surface area contributed by atoms with Gasteiger partial charge in [0.1, 0.15) is 11.6 Å². The summed E-state index contributed by atoms with van der Waals surface area (Å²) in [5, 5.41) is 0. The van der Waals surface area contributed by atoms with Gasteiger partial charge in [-0.2, -0.15) is 0 Å². The molecule has 1 saturated heterocycles. The minimum atomic E-state index is -2.50. The first kappa shape index (κ1) is 13.5. The van der Waals surface area contributed by atoms with Crippen LogP contribution in [0.15, 0.2) is 41.1 Å². The molecule has 0 saturated carbocycles. The van der Waals surface area contributed by atoms with Crippen LogP contribution in [0.5, 0.6) is 0 Å². The van der Waals surface area contributed by atoms with E-state index in [4.69, 9.17) is 4.11 Å². The molecule has 0 amide bonds. The zero-order valence-electron chi connectivity index (χ0n) is 17.6. The van der Waals surface area contributed by atoms with Crippen LogP contribution in [-0.2, 0) is 18.2 Å². The summed E-state index contributed by atoms with van der Waals surface area (Å²) in [7, 11) is 0. The maximum absolute atomic E-state index is 12.3. The molecule has 3 aromatic rings. The summed E-state index contributed by atoms with van der Waals surface area (Å²) >= 11 is 0.946. The van der Waals surface area contributed by atoms with Crippen LogP contribution in [0.2, 0.25) is 0 Å². The monoisotopic (exact) mass is 380 g/mol. The molecule has 0 N–H and O–H groups in total. The van der Waals surface area contributed by atoms with Crippen LogP contribution in [0.4, 0.5) is 0 Å². The van der Waals surface area contributed by atoms with Crippen molar-refractivity contribution in [1.82, 2.24) is 14.5 Å². The van der Waals surface area contributed by atoms with Gasteiger partial charge in [0, 0.05) is 42.0 Å². The number of nitrogens with zero attached hydrogens (tertiary/aromatic N) is 3. The standard InChI is InChI=1S/C21H19N3O2S/c1-23-19-6-5-13(9-20(19)27-21(23)26)16-10-22-11-17-15(16)3-2-4-18(17)24-8-7-14(24)12-25/h5-6,9-11,18H,2-4,7-8H2,1H3/t18-/m1/s1/i1D3. The molecule has 3 heterocycles. The Labute approximate surface area is 164 Å². The Hall–Kier alpha value is -2.69. The maximum Gasteiger partial charge on any atom is 0.307 e. The summed E-state index contributed by atoms with van der Waals surface area (Å²) in [5.74, 6) is 2.06. The van der Waals surface area contributed by atoms with Crippen molar-refractivity contribution in [2.45, 2.75) is 31.7 Å². The van der Waals surface area contributed by atoms with Crippen LogP contribution in [0.25, 0.3) is 21.3 Å². The van der Waals surface area contributed by atoms with E-state index in [9.17, 15) is 9.59 Å². The Morgan fingerprint density at radius 3 is 3.04 bits per heavy atom. The van der Waals surface area contributed by atoms with E-state index < -0.39 is 11.8 Å². The van der Waals surface area contributed by atoms with E-state index >= 15 is 0 Å². The molecule has 0 spiro atoms. The van der Waals surface area contributed by atoms with Gasteiger partial charge in [0.15, 0.2) is 0 Å². The Morgan fingerprint density at radius 2 is 2.26 bits per heavy atom. The van der Waals surface area contributed by atoms with Crippen LogP contribution in [0.3, 0.4) is 0 Å². The second-order valence-electron chi connectivity index (χ2n) is 7.04. The van der Waals surface area contributed by atoms with Crippen molar-refractivity contribution in [3.05, 3.63) is 57.1 Å². The van der Waals surface area contributed by atoms with E-state index in [2.05, 4.69) is 15.8 Å². The van der Waals surface area contributed by atoms with E-state index in [1.165, 1.54) is 5.56 Å². The number of thiazole rings is 1. The molecule has 0 bridgehead atoms. The van der Waals surface area contributed by atoms with Gasteiger partial charge in [-0.15, -0.1) is 0 Å². The van der Waals surface area contributed by atoms with Gasteiger partial charge in [0.05, 0.1) is 16.3 Å². The van der Waals surface area contributed by atoms with Gasteiger partial charge in [-0.3, -0.25) is 9.78 Å². The minimum Gasteiger partial charge on any atom is -0.358 e. The minimum absolute atomic E-state index is 0.142. The average Bonchev–Trinajstić information content (AvgIpc) is 3.02. The maximum atomic E-state index is 12.3. The number of aryl methyl sites for hydroxylation is 1. The first-order valence-corrected chi connectivity index (χ1v) is 9.84. The lowest BCUT2D eigenvalue weighted by atomic mass is 9.83. The summed E-state index contributed by atoms with van der Waals surface area (Å²) in [4.78, 5) is 29.5. The van der Waals surface area contributed by atoms with E-state index in [0.29, 0.717) is 10.2 Å². The number of benzene rings is 1. The molecule has 1 atom stereocenters. The smallest absolute Gasteiger partial charge is 0.307 e. The molecule has 6 heteroatoms. The van der Waals surface area contributed by atoms with E-state index in [1.807, 2.05) is 24.5 Å². The van der Waals surface area contributed by atoms with Crippen molar-refractivity contribution >= 4 is 27.5 Å². The van der Waals surface area contributed by atoms with Crippen molar-refractivity contribution in [2.24, 2.45) is 6.98 Å². The Kier molecular flexibility index (Phi) is 3.09. The number of rotatable bonds is 2. The van der Waals surface area contributed by atoms with Crippen molar-refractivity contribution in [2.75, 3.05) is 6.54 Å². The van der Waals surface area contributed by atoms with E-state index in [-0.39, 0.29) is 6.04 Å². The first-order valence-electron chi connectivity index (χ1n) is 10.5. The molecule has 0 unspecified atom stereocenters. The predicted molar refractivity (Wildman–Crippen MR) is 107 cm³/mol. The third-order valence-corrected chi connectivity index (χ3v) is 6.58. The second-order valence-corrected chi connectivity index (χ2v) is 8.03. The Balaban J connectivity index is 1.61. The highest BCUT2D eigenvalue weighted by molar-refractivity contribution is 7.16. The highest BCUT2D eigenvalue weighted by Crippen LogP contribution is 2.42. The normalized spacial score (nSPS) is 21.0. The summed E-state index contributed by atoms with van der Waals surface area (Å²) in [6.45, 7) is -1.64. The fraction of sp³-hybridized carbons (Fsp3) is 0.333. The number of fused-ring (bicyclic) bond motifs is 2. The quantitative estimate of drug-likeness (QED) is 0.639. The van der Waals surface area contributed by atoms with Crippen molar-refractivity contribution in [3.8, 4) is 11.1 Å². The lowest BCUT2D eigenvalue weighted by Crippen LogP contribution is -2.40. The molecule has 2 aromatic heterocycles. The lowest BCUT2D eigenvalue weighted by Gasteiger charge is -2.43. The molecule has 1 aliphatic carbocycles. The van der Waals surface area contributed by atoms with Crippen LogP contribution < -0.4 is 4.87 Å². The van der Waals surface area contributed by atoms with Crippen molar-refractivity contribution < 1.29 is 8.91 Å². The van der Waals surface area contributed by atoms with Gasteiger partial charge in [0.2, 0.25) is 0 Å². The molecule has 27 heavy (non-hydrogen) atoms. The predicted octanol–water partition coefficient (Wildman–Crippen LogP) is 3.46. The largest absolute Gasteiger partial charge is 0.358 e. The highest BCUT2D eigenvalue weighted by atomic mass is 32.1. The van der Waals surface area contributed by atoms with Gasteiger partial charge in [0.25, 0.3) is 0 Å². The Bertz CT molecular complexity index is 1270.